The maximum atomic E-state index is 5.69. The molecule has 2 atom stereocenters. The van der Waals surface area contributed by atoms with E-state index in [1.54, 1.807) is 0 Å². The Balaban J connectivity index is 1.82. The van der Waals surface area contributed by atoms with E-state index in [1.165, 1.54) is 5.69 Å². The van der Waals surface area contributed by atoms with E-state index >= 15 is 0 Å². The second kappa shape index (κ2) is 7.44. The van der Waals surface area contributed by atoms with Crippen molar-refractivity contribution in [2.75, 3.05) is 0 Å². The Labute approximate surface area is 173 Å². The lowest BCUT2D eigenvalue weighted by Gasteiger charge is -2.31. The Morgan fingerprint density at radius 1 is 1.07 bits per heavy atom. The zero-order chi connectivity index (χ0) is 19.0. The molecule has 0 radical (unpaired) electrons. The van der Waals surface area contributed by atoms with Crippen molar-refractivity contribution in [3.63, 3.8) is 0 Å². The fourth-order valence-electron chi connectivity index (χ4n) is 3.71. The SMILES string of the molecule is CC(C)N1C(=S)NC(c2ccccn2)C1c1cccn1-c1ccc(Br)cc1. The summed E-state index contributed by atoms with van der Waals surface area (Å²) in [5.74, 6) is 0. The predicted molar refractivity (Wildman–Crippen MR) is 116 cm³/mol. The maximum Gasteiger partial charge on any atom is 0.170 e. The van der Waals surface area contributed by atoms with Gasteiger partial charge in [0.2, 0.25) is 0 Å². The molecule has 1 aromatic carbocycles. The van der Waals surface area contributed by atoms with Crippen LogP contribution in [0.15, 0.2) is 71.5 Å². The Morgan fingerprint density at radius 2 is 1.85 bits per heavy atom. The molecule has 1 aliphatic rings. The molecule has 27 heavy (non-hydrogen) atoms. The smallest absolute Gasteiger partial charge is 0.170 e. The van der Waals surface area contributed by atoms with Gasteiger partial charge in [-0.2, -0.15) is 0 Å². The van der Waals surface area contributed by atoms with Crippen molar-refractivity contribution in [2.45, 2.75) is 32.0 Å². The molecule has 0 aliphatic carbocycles. The van der Waals surface area contributed by atoms with Crippen LogP contribution in [0.2, 0.25) is 0 Å². The van der Waals surface area contributed by atoms with E-state index < -0.39 is 0 Å². The Kier molecular flexibility index (Phi) is 5.02. The molecule has 4 rings (SSSR count). The standard InChI is InChI=1S/C21H21BrN4S/c1-14(2)26-20(19(24-21(26)27)17-6-3-4-12-23-17)18-7-5-13-25(18)16-10-8-15(22)9-11-16/h3-14,19-20H,1-2H3,(H,24,27). The molecule has 0 amide bonds. The Bertz CT molecular complexity index is 936. The Hall–Kier alpha value is -2.18. The molecule has 3 aromatic rings. The number of hydrogen-bond acceptors (Lipinski definition) is 2. The summed E-state index contributed by atoms with van der Waals surface area (Å²) in [6, 6.07) is 19.0. The van der Waals surface area contributed by atoms with Gasteiger partial charge < -0.3 is 14.8 Å². The molecule has 0 bridgehead atoms. The van der Waals surface area contributed by atoms with Gasteiger partial charge in [-0.25, -0.2) is 0 Å². The van der Waals surface area contributed by atoms with Crippen LogP contribution < -0.4 is 5.32 Å². The lowest BCUT2D eigenvalue weighted by atomic mass is 10.0. The van der Waals surface area contributed by atoms with Gasteiger partial charge in [-0.15, -0.1) is 0 Å². The molecule has 0 saturated carbocycles. The van der Waals surface area contributed by atoms with Crippen LogP contribution in [0.1, 0.15) is 37.3 Å². The molecule has 1 aliphatic heterocycles. The van der Waals surface area contributed by atoms with Crippen LogP contribution >= 0.6 is 28.1 Å². The van der Waals surface area contributed by atoms with Crippen molar-refractivity contribution in [2.24, 2.45) is 0 Å². The number of benzene rings is 1. The first-order chi connectivity index (χ1) is 13.1. The maximum absolute atomic E-state index is 5.69. The molecule has 0 spiro atoms. The average Bonchev–Trinajstić information content (AvgIpc) is 3.27. The van der Waals surface area contributed by atoms with Gasteiger partial charge in [0.15, 0.2) is 5.11 Å². The zero-order valence-electron chi connectivity index (χ0n) is 15.2. The third-order valence-corrected chi connectivity index (χ3v) is 5.74. The highest BCUT2D eigenvalue weighted by Crippen LogP contribution is 2.40. The Morgan fingerprint density at radius 3 is 2.52 bits per heavy atom. The van der Waals surface area contributed by atoms with Gasteiger partial charge in [0, 0.05) is 34.3 Å². The van der Waals surface area contributed by atoms with Crippen LogP contribution in [0.5, 0.6) is 0 Å². The molecule has 4 nitrogen and oxygen atoms in total. The summed E-state index contributed by atoms with van der Waals surface area (Å²) in [7, 11) is 0. The lowest BCUT2D eigenvalue weighted by Crippen LogP contribution is -2.36. The highest BCUT2D eigenvalue weighted by atomic mass is 79.9. The molecule has 3 heterocycles. The van der Waals surface area contributed by atoms with Crippen LogP contribution in [-0.4, -0.2) is 25.6 Å². The number of rotatable bonds is 4. The van der Waals surface area contributed by atoms with Crippen LogP contribution in [0.3, 0.4) is 0 Å². The van der Waals surface area contributed by atoms with Gasteiger partial charge in [0.1, 0.15) is 0 Å². The second-order valence-electron chi connectivity index (χ2n) is 6.91. The summed E-state index contributed by atoms with van der Waals surface area (Å²) < 4.78 is 3.30. The molecular formula is C21H21BrN4S. The van der Waals surface area contributed by atoms with E-state index in [-0.39, 0.29) is 18.1 Å². The fourth-order valence-corrected chi connectivity index (χ4v) is 4.43. The van der Waals surface area contributed by atoms with Gasteiger partial charge >= 0.3 is 0 Å². The van der Waals surface area contributed by atoms with Gasteiger partial charge in [0.25, 0.3) is 0 Å². The second-order valence-corrected chi connectivity index (χ2v) is 8.21. The van der Waals surface area contributed by atoms with Crippen molar-refractivity contribution >= 4 is 33.3 Å². The summed E-state index contributed by atoms with van der Waals surface area (Å²) in [5.41, 5.74) is 3.31. The average molecular weight is 441 g/mol. The monoisotopic (exact) mass is 440 g/mol. The molecular weight excluding hydrogens is 420 g/mol. The first-order valence-electron chi connectivity index (χ1n) is 8.99. The van der Waals surface area contributed by atoms with Gasteiger partial charge in [0.05, 0.1) is 17.8 Å². The molecule has 2 unspecified atom stereocenters. The predicted octanol–water partition coefficient (Wildman–Crippen LogP) is 5.02. The number of hydrogen-bond donors (Lipinski definition) is 1. The van der Waals surface area contributed by atoms with E-state index in [9.17, 15) is 0 Å². The minimum absolute atomic E-state index is 0.00481. The van der Waals surface area contributed by atoms with Gasteiger partial charge in [-0.3, -0.25) is 4.98 Å². The first-order valence-corrected chi connectivity index (χ1v) is 10.2. The van der Waals surface area contributed by atoms with Crippen LogP contribution in [0.4, 0.5) is 0 Å². The van der Waals surface area contributed by atoms with E-state index in [4.69, 9.17) is 12.2 Å². The van der Waals surface area contributed by atoms with Crippen molar-refractivity contribution in [1.82, 2.24) is 19.8 Å². The molecule has 1 fully saturated rings. The largest absolute Gasteiger partial charge is 0.352 e. The van der Waals surface area contributed by atoms with Crippen molar-refractivity contribution in [3.8, 4) is 5.69 Å². The summed E-state index contributed by atoms with van der Waals surface area (Å²) in [6.07, 6.45) is 3.94. The lowest BCUT2D eigenvalue weighted by molar-refractivity contribution is 0.262. The summed E-state index contributed by atoms with van der Waals surface area (Å²) in [4.78, 5) is 6.88. The van der Waals surface area contributed by atoms with E-state index in [2.05, 4.69) is 98.2 Å². The van der Waals surface area contributed by atoms with Crippen LogP contribution in [-0.2, 0) is 0 Å². The highest BCUT2D eigenvalue weighted by molar-refractivity contribution is 9.10. The van der Waals surface area contributed by atoms with Gasteiger partial charge in [-0.05, 0) is 74.6 Å². The number of aromatic nitrogens is 2. The summed E-state index contributed by atoms with van der Waals surface area (Å²) in [5, 5.41) is 4.27. The topological polar surface area (TPSA) is 33.1 Å². The number of nitrogens with one attached hydrogen (secondary N) is 1. The third-order valence-electron chi connectivity index (χ3n) is 4.88. The fraction of sp³-hybridized carbons (Fsp3) is 0.238. The van der Waals surface area contributed by atoms with E-state index in [0.717, 1.165) is 21.0 Å². The number of pyridine rings is 1. The van der Waals surface area contributed by atoms with Crippen LogP contribution in [0.25, 0.3) is 5.69 Å². The highest BCUT2D eigenvalue weighted by Gasteiger charge is 2.42. The number of thiocarbonyl (C=S) groups is 1. The number of nitrogens with zero attached hydrogens (tertiary/aromatic N) is 3. The molecule has 1 saturated heterocycles. The molecule has 138 valence electrons. The zero-order valence-corrected chi connectivity index (χ0v) is 17.6. The van der Waals surface area contributed by atoms with E-state index in [1.807, 2.05) is 18.3 Å². The van der Waals surface area contributed by atoms with Crippen molar-refractivity contribution < 1.29 is 0 Å². The third kappa shape index (κ3) is 3.39. The minimum Gasteiger partial charge on any atom is -0.352 e. The molecule has 1 N–H and O–H groups in total. The van der Waals surface area contributed by atoms with Gasteiger partial charge in [-0.1, -0.05) is 22.0 Å². The van der Waals surface area contributed by atoms with Crippen molar-refractivity contribution in [1.29, 1.82) is 0 Å². The van der Waals surface area contributed by atoms with E-state index in [0.29, 0.717) is 0 Å². The normalized spacial score (nSPS) is 19.6. The summed E-state index contributed by atoms with van der Waals surface area (Å²) in [6.45, 7) is 4.35. The van der Waals surface area contributed by atoms with Crippen LogP contribution in [0, 0.1) is 0 Å². The van der Waals surface area contributed by atoms with Crippen molar-refractivity contribution in [3.05, 3.63) is 82.9 Å². The first kappa shape index (κ1) is 18.2. The molecule has 6 heteroatoms. The summed E-state index contributed by atoms with van der Waals surface area (Å²) >= 11 is 9.21. The molecule has 2 aromatic heterocycles. The number of halogens is 1. The minimum atomic E-state index is 0.00481. The quantitative estimate of drug-likeness (QED) is 0.577.